The van der Waals surface area contributed by atoms with E-state index in [1.807, 2.05) is 30.7 Å². The van der Waals surface area contributed by atoms with Crippen LogP contribution in [0, 0.1) is 24.5 Å². The lowest BCUT2D eigenvalue weighted by molar-refractivity contribution is -0.138. The van der Waals surface area contributed by atoms with Gasteiger partial charge in [0.05, 0.1) is 17.7 Å². The van der Waals surface area contributed by atoms with E-state index in [0.717, 1.165) is 23.5 Å². The summed E-state index contributed by atoms with van der Waals surface area (Å²) in [7, 11) is 1.87. The van der Waals surface area contributed by atoms with E-state index in [-0.39, 0.29) is 34.4 Å². The number of aryl methyl sites for hydroxylation is 1. The monoisotopic (exact) mass is 627 g/mol. The van der Waals surface area contributed by atoms with Gasteiger partial charge >= 0.3 is 12.1 Å². The van der Waals surface area contributed by atoms with Gasteiger partial charge in [0.1, 0.15) is 11.6 Å². The molecule has 2 aromatic heterocycles. The van der Waals surface area contributed by atoms with E-state index >= 15 is 4.39 Å². The normalized spacial score (nSPS) is 14.6. The molecule has 1 aromatic carbocycles. The van der Waals surface area contributed by atoms with E-state index in [1.165, 1.54) is 0 Å². The number of halogens is 5. The lowest BCUT2D eigenvalue weighted by atomic mass is 10.1. The third-order valence-electron chi connectivity index (χ3n) is 6.77. The molecule has 1 saturated heterocycles. The van der Waals surface area contributed by atoms with Crippen LogP contribution in [0.4, 0.5) is 38.7 Å². The zero-order valence-corrected chi connectivity index (χ0v) is 25.1. The van der Waals surface area contributed by atoms with Crippen molar-refractivity contribution in [3.8, 4) is 11.3 Å². The maximum Gasteiger partial charge on any atom is 0.416 e. The van der Waals surface area contributed by atoms with Crippen molar-refractivity contribution in [1.82, 2.24) is 24.8 Å². The van der Waals surface area contributed by atoms with Gasteiger partial charge in [-0.25, -0.2) is 19.3 Å². The van der Waals surface area contributed by atoms with Crippen LogP contribution in [-0.2, 0) is 17.5 Å². The Bertz CT molecular complexity index is 1440. The predicted molar refractivity (Wildman–Crippen MR) is 155 cm³/mol. The molecule has 0 amide bonds. The third kappa shape index (κ3) is 8.57. The van der Waals surface area contributed by atoms with Crippen molar-refractivity contribution >= 4 is 34.1 Å². The number of nitrogens with zero attached hydrogens (tertiary/aromatic N) is 6. The van der Waals surface area contributed by atoms with Gasteiger partial charge in [0.25, 0.3) is 0 Å². The average molecular weight is 628 g/mol. The number of aliphatic carboxylic acids is 1. The number of alkyl halides is 3. The first-order chi connectivity index (χ1) is 20.2. The Morgan fingerprint density at radius 1 is 1.12 bits per heavy atom. The lowest BCUT2D eigenvalue weighted by Crippen LogP contribution is -2.47. The molecule has 3 aromatic rings. The van der Waals surface area contributed by atoms with Crippen molar-refractivity contribution < 1.29 is 31.9 Å². The van der Waals surface area contributed by atoms with Crippen molar-refractivity contribution in [2.75, 3.05) is 56.5 Å². The topological polar surface area (TPSA) is 97.7 Å². The Morgan fingerprint density at radius 2 is 1.81 bits per heavy atom. The van der Waals surface area contributed by atoms with Gasteiger partial charge in [-0.05, 0) is 38.1 Å². The number of piperazine rings is 1. The number of anilines is 3. The summed E-state index contributed by atoms with van der Waals surface area (Å²) in [5, 5.41) is 12.0. The maximum atomic E-state index is 15.8. The number of hydrogen-bond acceptors (Lipinski definition) is 9. The van der Waals surface area contributed by atoms with Crippen LogP contribution in [0.25, 0.3) is 11.3 Å². The van der Waals surface area contributed by atoms with Gasteiger partial charge in [0, 0.05) is 56.3 Å². The van der Waals surface area contributed by atoms with Crippen LogP contribution in [0.2, 0.25) is 0 Å². The van der Waals surface area contributed by atoms with Crippen LogP contribution in [0.5, 0.6) is 0 Å². The number of benzene rings is 1. The van der Waals surface area contributed by atoms with Crippen molar-refractivity contribution in [1.29, 1.82) is 0 Å². The SMILES string of the molecule is Cc1nc(Nc2nc(-c3cc(F)cc(C(F)(F)F)c3)c(CN(C)CC(C)C)s2)c(F)c(N2CCN(CCC(=O)O)CC2)n1. The summed E-state index contributed by atoms with van der Waals surface area (Å²) in [4.78, 5) is 30.2. The Kier molecular flexibility index (Phi) is 10.2. The number of carboxylic acids is 1. The zero-order chi connectivity index (χ0) is 31.5. The van der Waals surface area contributed by atoms with E-state index in [2.05, 4.69) is 20.3 Å². The second kappa shape index (κ2) is 13.5. The summed E-state index contributed by atoms with van der Waals surface area (Å²) in [5.41, 5.74) is -1.00. The second-order valence-electron chi connectivity index (χ2n) is 11.0. The molecule has 1 aliphatic heterocycles. The highest BCUT2D eigenvalue weighted by Crippen LogP contribution is 2.38. The second-order valence-corrected chi connectivity index (χ2v) is 12.0. The molecule has 15 heteroatoms. The van der Waals surface area contributed by atoms with Crippen molar-refractivity contribution in [3.63, 3.8) is 0 Å². The molecule has 2 N–H and O–H groups in total. The van der Waals surface area contributed by atoms with E-state index < -0.39 is 29.3 Å². The van der Waals surface area contributed by atoms with Crippen LogP contribution in [-0.4, -0.2) is 82.1 Å². The van der Waals surface area contributed by atoms with E-state index in [1.54, 1.807) is 11.8 Å². The third-order valence-corrected chi connectivity index (χ3v) is 7.73. The first-order valence-corrected chi connectivity index (χ1v) is 14.6. The molecular weight excluding hydrogens is 593 g/mol. The first kappa shape index (κ1) is 32.5. The standard InChI is InChI=1S/C28H34F5N7O2S/c1-16(2)14-38(4)15-21-24(18-11-19(28(31,32)33)13-20(29)12-18)36-27(43-21)37-25-23(30)26(35-17(3)34-25)40-9-7-39(8-10-40)6-5-22(41)42/h11-13,16H,5-10,14-15H2,1-4H3,(H,41,42)(H,34,35,36,37). The predicted octanol–water partition coefficient (Wildman–Crippen LogP) is 5.63. The molecule has 0 unspecified atom stereocenters. The fraction of sp³-hybridized carbons (Fsp3) is 0.500. The van der Waals surface area contributed by atoms with Crippen molar-refractivity contribution in [2.24, 2.45) is 5.92 Å². The van der Waals surface area contributed by atoms with Crippen LogP contribution in [0.3, 0.4) is 0 Å². The molecule has 0 radical (unpaired) electrons. The number of rotatable bonds is 11. The van der Waals surface area contributed by atoms with Gasteiger partial charge in [-0.2, -0.15) is 17.6 Å². The Morgan fingerprint density at radius 3 is 2.44 bits per heavy atom. The number of thiazole rings is 1. The Labute approximate surface area is 250 Å². The minimum absolute atomic E-state index is 0.0211. The molecular formula is C28H34F5N7O2S. The van der Waals surface area contributed by atoms with Crippen molar-refractivity contribution in [2.45, 2.75) is 39.9 Å². The summed E-state index contributed by atoms with van der Waals surface area (Å²) >= 11 is 1.12. The summed E-state index contributed by atoms with van der Waals surface area (Å²) in [6, 6.07) is 2.30. The number of carboxylic acid groups (broad SMARTS) is 1. The molecule has 0 aliphatic carbocycles. The molecule has 3 heterocycles. The molecule has 9 nitrogen and oxygen atoms in total. The highest BCUT2D eigenvalue weighted by Gasteiger charge is 2.32. The Balaban J connectivity index is 1.64. The molecule has 0 saturated carbocycles. The minimum Gasteiger partial charge on any atom is -0.481 e. The van der Waals surface area contributed by atoms with Crippen LogP contribution in [0.1, 0.15) is 36.5 Å². The lowest BCUT2D eigenvalue weighted by Gasteiger charge is -2.35. The van der Waals surface area contributed by atoms with Gasteiger partial charge in [-0.3, -0.25) is 9.69 Å². The molecule has 0 spiro atoms. The van der Waals surface area contributed by atoms with Gasteiger partial charge < -0.3 is 20.2 Å². The fourth-order valence-corrected chi connectivity index (χ4v) is 6.00. The number of nitrogens with one attached hydrogen (secondary N) is 1. The van der Waals surface area contributed by atoms with Gasteiger partial charge in [0.15, 0.2) is 16.8 Å². The summed E-state index contributed by atoms with van der Waals surface area (Å²) < 4.78 is 70.6. The maximum absolute atomic E-state index is 15.8. The number of aromatic nitrogens is 3. The van der Waals surface area contributed by atoms with Crippen LogP contribution < -0.4 is 10.2 Å². The molecule has 1 aliphatic rings. The van der Waals surface area contributed by atoms with E-state index in [0.29, 0.717) is 68.5 Å². The molecule has 0 bridgehead atoms. The molecule has 234 valence electrons. The molecule has 4 rings (SSSR count). The molecule has 43 heavy (non-hydrogen) atoms. The fourth-order valence-electron chi connectivity index (χ4n) is 4.94. The minimum atomic E-state index is -4.75. The highest BCUT2D eigenvalue weighted by molar-refractivity contribution is 7.16. The summed E-state index contributed by atoms with van der Waals surface area (Å²) in [6.07, 6.45) is -4.73. The average Bonchev–Trinajstić information content (AvgIpc) is 3.30. The van der Waals surface area contributed by atoms with Crippen LogP contribution >= 0.6 is 11.3 Å². The van der Waals surface area contributed by atoms with E-state index in [4.69, 9.17) is 5.11 Å². The molecule has 0 atom stereocenters. The van der Waals surface area contributed by atoms with Crippen LogP contribution in [0.15, 0.2) is 18.2 Å². The van der Waals surface area contributed by atoms with Gasteiger partial charge in [-0.15, -0.1) is 0 Å². The summed E-state index contributed by atoms with van der Waals surface area (Å²) in [5.74, 6) is -2.09. The highest BCUT2D eigenvalue weighted by atomic mass is 32.1. The molecule has 1 fully saturated rings. The van der Waals surface area contributed by atoms with Gasteiger partial charge in [-0.1, -0.05) is 25.2 Å². The number of carbonyl (C=O) groups is 1. The largest absolute Gasteiger partial charge is 0.481 e. The Hall–Kier alpha value is -3.43. The van der Waals surface area contributed by atoms with E-state index in [9.17, 15) is 22.4 Å². The van der Waals surface area contributed by atoms with Crippen molar-refractivity contribution in [3.05, 3.63) is 46.1 Å². The summed E-state index contributed by atoms with van der Waals surface area (Å²) in [6.45, 7) is 9.05. The number of hydrogen-bond donors (Lipinski definition) is 2. The smallest absolute Gasteiger partial charge is 0.416 e. The zero-order valence-electron chi connectivity index (χ0n) is 24.3. The first-order valence-electron chi connectivity index (χ1n) is 13.8. The van der Waals surface area contributed by atoms with Gasteiger partial charge in [0.2, 0.25) is 5.82 Å². The quantitative estimate of drug-likeness (QED) is 0.262.